The van der Waals surface area contributed by atoms with Crippen LogP contribution in [0.3, 0.4) is 0 Å². The van der Waals surface area contributed by atoms with Crippen LogP contribution in [0.2, 0.25) is 0 Å². The van der Waals surface area contributed by atoms with Crippen LogP contribution >= 0.6 is 0 Å². The summed E-state index contributed by atoms with van der Waals surface area (Å²) in [6.07, 6.45) is -0.947. The molecule has 0 radical (unpaired) electrons. The van der Waals surface area contributed by atoms with Gasteiger partial charge in [-0.1, -0.05) is 0 Å². The number of hydrogen-bond donors (Lipinski definition) is 1. The van der Waals surface area contributed by atoms with Gasteiger partial charge in [-0.05, 0) is 0 Å². The summed E-state index contributed by atoms with van der Waals surface area (Å²) < 4.78 is 38.3. The highest BCUT2D eigenvalue weighted by atomic mass is 19.4. The van der Waals surface area contributed by atoms with Gasteiger partial charge in [-0.2, -0.15) is 18.3 Å². The maximum Gasteiger partial charge on any atom is 0.401 e. The van der Waals surface area contributed by atoms with Crippen molar-refractivity contribution in [1.29, 1.82) is 0 Å². The third-order valence-corrected chi connectivity index (χ3v) is 2.01. The summed E-state index contributed by atoms with van der Waals surface area (Å²) in [7, 11) is 1.72. The standard InChI is InChI=1S/C9H15F3N4/c1-15-5-8(4-14-15)6-16(3-2-13)7-9(10,11)12/h4-5H,2-3,6-7,13H2,1H3. The zero-order valence-corrected chi connectivity index (χ0v) is 9.04. The summed E-state index contributed by atoms with van der Waals surface area (Å²) in [5, 5.41) is 3.90. The minimum absolute atomic E-state index is 0.205. The molecule has 0 saturated carbocycles. The van der Waals surface area contributed by atoms with Crippen molar-refractivity contribution in [2.75, 3.05) is 19.6 Å². The minimum atomic E-state index is -4.20. The first-order chi connectivity index (χ1) is 7.40. The highest BCUT2D eigenvalue weighted by Gasteiger charge is 2.30. The molecule has 1 aromatic heterocycles. The highest BCUT2D eigenvalue weighted by molar-refractivity contribution is 5.03. The van der Waals surface area contributed by atoms with Gasteiger partial charge < -0.3 is 5.73 Å². The van der Waals surface area contributed by atoms with E-state index in [1.165, 1.54) is 4.90 Å². The van der Waals surface area contributed by atoms with Crippen LogP contribution in [0.5, 0.6) is 0 Å². The van der Waals surface area contributed by atoms with Crippen LogP contribution in [0.15, 0.2) is 12.4 Å². The molecule has 92 valence electrons. The lowest BCUT2D eigenvalue weighted by molar-refractivity contribution is -0.146. The van der Waals surface area contributed by atoms with Crippen molar-refractivity contribution < 1.29 is 13.2 Å². The Hall–Kier alpha value is -1.08. The number of rotatable bonds is 5. The van der Waals surface area contributed by atoms with Crippen molar-refractivity contribution in [3.8, 4) is 0 Å². The minimum Gasteiger partial charge on any atom is -0.329 e. The quantitative estimate of drug-likeness (QED) is 0.820. The van der Waals surface area contributed by atoms with Gasteiger partial charge in [0.1, 0.15) is 0 Å². The average molecular weight is 236 g/mol. The summed E-state index contributed by atoms with van der Waals surface area (Å²) in [6.45, 7) is -0.311. The number of aryl methyl sites for hydroxylation is 1. The van der Waals surface area contributed by atoms with E-state index in [1.807, 2.05) is 0 Å². The van der Waals surface area contributed by atoms with E-state index in [9.17, 15) is 13.2 Å². The Labute approximate surface area is 91.8 Å². The third kappa shape index (κ3) is 4.63. The molecule has 16 heavy (non-hydrogen) atoms. The highest BCUT2D eigenvalue weighted by Crippen LogP contribution is 2.17. The van der Waals surface area contributed by atoms with Gasteiger partial charge in [0.2, 0.25) is 0 Å². The lowest BCUT2D eigenvalue weighted by Gasteiger charge is -2.22. The van der Waals surface area contributed by atoms with Crippen molar-refractivity contribution in [3.05, 3.63) is 18.0 Å². The number of nitrogens with zero attached hydrogens (tertiary/aromatic N) is 3. The van der Waals surface area contributed by atoms with Gasteiger partial charge in [0, 0.05) is 38.4 Å². The van der Waals surface area contributed by atoms with E-state index in [-0.39, 0.29) is 19.6 Å². The molecule has 0 unspecified atom stereocenters. The zero-order chi connectivity index (χ0) is 12.2. The van der Waals surface area contributed by atoms with Crippen LogP contribution in [0.25, 0.3) is 0 Å². The van der Waals surface area contributed by atoms with Crippen molar-refractivity contribution in [3.63, 3.8) is 0 Å². The molecule has 2 N–H and O–H groups in total. The fourth-order valence-corrected chi connectivity index (χ4v) is 1.46. The van der Waals surface area contributed by atoms with Crippen LogP contribution in [0.1, 0.15) is 5.56 Å². The molecule has 0 atom stereocenters. The maximum atomic E-state index is 12.2. The Morgan fingerprint density at radius 1 is 1.50 bits per heavy atom. The molecule has 0 aliphatic rings. The normalized spacial score (nSPS) is 12.4. The van der Waals surface area contributed by atoms with Gasteiger partial charge in [0.15, 0.2) is 0 Å². The lowest BCUT2D eigenvalue weighted by Crippen LogP contribution is -2.37. The summed E-state index contributed by atoms with van der Waals surface area (Å²) in [4.78, 5) is 1.26. The van der Waals surface area contributed by atoms with Crippen LogP contribution in [0.4, 0.5) is 13.2 Å². The van der Waals surface area contributed by atoms with Gasteiger partial charge in [-0.25, -0.2) is 0 Å². The first-order valence-electron chi connectivity index (χ1n) is 4.87. The van der Waals surface area contributed by atoms with Crippen LogP contribution in [0, 0.1) is 0 Å². The first-order valence-corrected chi connectivity index (χ1v) is 4.87. The average Bonchev–Trinajstić information content (AvgIpc) is 2.48. The van der Waals surface area contributed by atoms with E-state index < -0.39 is 12.7 Å². The second kappa shape index (κ2) is 5.31. The fraction of sp³-hybridized carbons (Fsp3) is 0.667. The number of nitrogens with two attached hydrogens (primary N) is 1. The molecule has 0 amide bonds. The van der Waals surface area contributed by atoms with Crippen molar-refractivity contribution in [2.45, 2.75) is 12.7 Å². The lowest BCUT2D eigenvalue weighted by atomic mass is 10.3. The molecule has 0 saturated heterocycles. The summed E-state index contributed by atoms with van der Waals surface area (Å²) in [5.74, 6) is 0. The number of hydrogen-bond acceptors (Lipinski definition) is 3. The molecular formula is C9H15F3N4. The van der Waals surface area contributed by atoms with Crippen LogP contribution < -0.4 is 5.73 Å². The Kier molecular flexibility index (Phi) is 4.31. The van der Waals surface area contributed by atoms with Gasteiger partial charge in [-0.3, -0.25) is 9.58 Å². The second-order valence-corrected chi connectivity index (χ2v) is 3.64. The second-order valence-electron chi connectivity index (χ2n) is 3.64. The zero-order valence-electron chi connectivity index (χ0n) is 9.04. The molecule has 0 aromatic carbocycles. The van der Waals surface area contributed by atoms with Gasteiger partial charge in [-0.15, -0.1) is 0 Å². The van der Waals surface area contributed by atoms with Crippen LogP contribution in [-0.4, -0.2) is 40.5 Å². The molecule has 7 heteroatoms. The molecule has 1 rings (SSSR count). The van der Waals surface area contributed by atoms with Gasteiger partial charge >= 0.3 is 6.18 Å². The summed E-state index contributed by atoms with van der Waals surface area (Å²) >= 11 is 0. The number of halogens is 3. The molecule has 0 aliphatic heterocycles. The van der Waals surface area contributed by atoms with E-state index in [0.717, 1.165) is 5.56 Å². The van der Waals surface area contributed by atoms with E-state index in [0.29, 0.717) is 0 Å². The molecule has 1 heterocycles. The summed E-state index contributed by atoms with van der Waals surface area (Å²) in [5.41, 5.74) is 6.03. The SMILES string of the molecule is Cn1cc(CN(CCN)CC(F)(F)F)cn1. The molecule has 1 aromatic rings. The first kappa shape index (κ1) is 13.0. The molecule has 0 bridgehead atoms. The number of alkyl halides is 3. The smallest absolute Gasteiger partial charge is 0.329 e. The molecule has 0 spiro atoms. The Morgan fingerprint density at radius 3 is 2.62 bits per heavy atom. The predicted molar refractivity (Wildman–Crippen MR) is 53.6 cm³/mol. The van der Waals surface area contributed by atoms with E-state index >= 15 is 0 Å². The molecule has 0 aliphatic carbocycles. The molecular weight excluding hydrogens is 221 g/mol. The molecule has 4 nitrogen and oxygen atoms in total. The largest absolute Gasteiger partial charge is 0.401 e. The number of aromatic nitrogens is 2. The maximum absolute atomic E-state index is 12.2. The predicted octanol–water partition coefficient (Wildman–Crippen LogP) is 0.743. The van der Waals surface area contributed by atoms with Crippen LogP contribution in [-0.2, 0) is 13.6 Å². The van der Waals surface area contributed by atoms with Gasteiger partial charge in [0.05, 0.1) is 12.7 Å². The van der Waals surface area contributed by atoms with Crippen molar-refractivity contribution in [2.24, 2.45) is 12.8 Å². The van der Waals surface area contributed by atoms with E-state index in [1.54, 1.807) is 24.1 Å². The van der Waals surface area contributed by atoms with Crippen molar-refractivity contribution >= 4 is 0 Å². The molecule has 0 fully saturated rings. The fourth-order valence-electron chi connectivity index (χ4n) is 1.46. The van der Waals surface area contributed by atoms with Gasteiger partial charge in [0.25, 0.3) is 0 Å². The van der Waals surface area contributed by atoms with Crippen molar-refractivity contribution in [1.82, 2.24) is 14.7 Å². The monoisotopic (exact) mass is 236 g/mol. The van der Waals surface area contributed by atoms with E-state index in [2.05, 4.69) is 5.10 Å². The summed E-state index contributed by atoms with van der Waals surface area (Å²) in [6, 6.07) is 0. The topological polar surface area (TPSA) is 47.1 Å². The Balaban J connectivity index is 2.57. The Bertz CT molecular complexity index is 321. The third-order valence-electron chi connectivity index (χ3n) is 2.01. The van der Waals surface area contributed by atoms with E-state index in [4.69, 9.17) is 5.73 Å². The Morgan fingerprint density at radius 2 is 2.19 bits per heavy atom.